The summed E-state index contributed by atoms with van der Waals surface area (Å²) in [7, 11) is 2.55. The van der Waals surface area contributed by atoms with E-state index in [1.165, 1.54) is 261 Å². The average molecular weight is 719 g/mol. The van der Waals surface area contributed by atoms with Crippen molar-refractivity contribution in [2.24, 2.45) is 0 Å². The van der Waals surface area contributed by atoms with Crippen molar-refractivity contribution in [1.82, 2.24) is 0 Å². The Morgan fingerprint density at radius 1 is 0.320 bits per heavy atom. The molecule has 0 aliphatic heterocycles. The smallest absolute Gasteiger partial charge is 0.104 e. The van der Waals surface area contributed by atoms with E-state index >= 15 is 0 Å². The molecule has 0 radical (unpaired) electrons. The predicted octanol–water partition coefficient (Wildman–Crippen LogP) is 13.7. The average Bonchev–Trinajstić information content (AvgIpc) is 3.11. The minimum Gasteiger partial charge on any atom is -1.00 e. The number of nitrogens with zero attached hydrogens (tertiary/aromatic N) is 1. The van der Waals surface area contributed by atoms with Crippen molar-refractivity contribution in [1.29, 1.82) is 0 Å². The third-order valence-electron chi connectivity index (χ3n) is 11.5. The molecule has 0 N–H and O–H groups in total. The first-order valence-electron chi connectivity index (χ1n) is 23.1. The highest BCUT2D eigenvalue weighted by Crippen LogP contribution is 2.20. The van der Waals surface area contributed by atoms with E-state index in [0.717, 1.165) is 0 Å². The number of halogens is 1. The highest BCUT2D eigenvalue weighted by atomic mass is 35.5. The van der Waals surface area contributed by atoms with Gasteiger partial charge < -0.3 is 16.9 Å². The minimum atomic E-state index is 0. The second-order valence-electron chi connectivity index (χ2n) is 16.7. The summed E-state index contributed by atoms with van der Waals surface area (Å²) in [5, 5.41) is 0. The van der Waals surface area contributed by atoms with Gasteiger partial charge in [-0.05, 0) is 25.7 Å². The van der Waals surface area contributed by atoms with Crippen molar-refractivity contribution in [2.45, 2.75) is 252 Å². The van der Waals surface area contributed by atoms with E-state index in [0.29, 0.717) is 0 Å². The van der Waals surface area contributed by atoms with Crippen molar-refractivity contribution >= 4 is 0 Å². The van der Waals surface area contributed by atoms with Crippen LogP contribution in [0.4, 0.5) is 0 Å². The molecule has 0 aliphatic rings. The van der Waals surface area contributed by atoms with Gasteiger partial charge in [0.2, 0.25) is 0 Å². The molecule has 50 heavy (non-hydrogen) atoms. The number of quaternary nitrogens is 1. The molecule has 2 heteroatoms. The lowest BCUT2D eigenvalue weighted by atomic mass is 10.0. The molecule has 0 atom stereocenters. The number of hydrogen-bond acceptors (Lipinski definition) is 0. The Bertz CT molecular complexity index is 708. The SMILES string of the molecule is CCCCCCCCCCCCCCCCCCCC[N+](C)(CCCCCCCCCCCCCCCCCCCC)Cc1ccccc1.[Cl-]. The number of rotatable bonds is 40. The summed E-state index contributed by atoms with van der Waals surface area (Å²) in [4.78, 5) is 0. The van der Waals surface area contributed by atoms with Crippen LogP contribution >= 0.6 is 0 Å². The van der Waals surface area contributed by atoms with Crippen LogP contribution in [-0.2, 0) is 6.54 Å². The first-order valence-corrected chi connectivity index (χ1v) is 23.1. The van der Waals surface area contributed by atoms with Crippen LogP contribution in [0.2, 0.25) is 0 Å². The maximum Gasteiger partial charge on any atom is 0.104 e. The van der Waals surface area contributed by atoms with Gasteiger partial charge in [0.15, 0.2) is 0 Å². The normalized spacial score (nSPS) is 11.7. The highest BCUT2D eigenvalue weighted by molar-refractivity contribution is 5.13. The topological polar surface area (TPSA) is 0 Å². The lowest BCUT2D eigenvalue weighted by Crippen LogP contribution is -3.00. The zero-order valence-corrected chi connectivity index (χ0v) is 35.5. The maximum atomic E-state index is 2.55. The van der Waals surface area contributed by atoms with Gasteiger partial charge in [-0.25, -0.2) is 0 Å². The molecule has 0 aliphatic carbocycles. The monoisotopic (exact) mass is 718 g/mol. The van der Waals surface area contributed by atoms with Crippen molar-refractivity contribution < 1.29 is 16.9 Å². The number of unbranched alkanes of at least 4 members (excludes halogenated alkanes) is 34. The molecule has 0 saturated carbocycles. The fourth-order valence-electron chi connectivity index (χ4n) is 8.08. The molecule has 0 heterocycles. The van der Waals surface area contributed by atoms with E-state index in [4.69, 9.17) is 0 Å². The minimum absolute atomic E-state index is 0. The van der Waals surface area contributed by atoms with Crippen molar-refractivity contribution in [3.05, 3.63) is 35.9 Å². The molecule has 0 aromatic heterocycles. The Morgan fingerprint density at radius 2 is 0.540 bits per heavy atom. The highest BCUT2D eigenvalue weighted by Gasteiger charge is 2.21. The Hall–Kier alpha value is -0.530. The molecule has 0 saturated heterocycles. The quantitative estimate of drug-likeness (QED) is 0.0468. The molecular weight excluding hydrogens is 626 g/mol. The van der Waals surface area contributed by atoms with Gasteiger partial charge in [-0.15, -0.1) is 0 Å². The number of benzene rings is 1. The second kappa shape index (κ2) is 39.7. The third kappa shape index (κ3) is 34.6. The van der Waals surface area contributed by atoms with Gasteiger partial charge >= 0.3 is 0 Å². The molecule has 0 amide bonds. The molecule has 0 spiro atoms. The van der Waals surface area contributed by atoms with Gasteiger partial charge in [-0.2, -0.15) is 0 Å². The van der Waals surface area contributed by atoms with Crippen LogP contribution in [0.5, 0.6) is 0 Å². The zero-order chi connectivity index (χ0) is 35.2. The van der Waals surface area contributed by atoms with Crippen LogP contribution in [0.25, 0.3) is 0 Å². The Balaban J connectivity index is 0.0000240. The van der Waals surface area contributed by atoms with Crippen LogP contribution in [0.3, 0.4) is 0 Å². The molecule has 1 nitrogen and oxygen atoms in total. The van der Waals surface area contributed by atoms with Gasteiger partial charge in [-0.3, -0.25) is 0 Å². The molecule has 0 fully saturated rings. The van der Waals surface area contributed by atoms with E-state index in [9.17, 15) is 0 Å². The van der Waals surface area contributed by atoms with Gasteiger partial charge in [0, 0.05) is 5.56 Å². The first-order chi connectivity index (χ1) is 24.2. The van der Waals surface area contributed by atoms with Crippen LogP contribution in [0.1, 0.15) is 251 Å². The summed E-state index contributed by atoms with van der Waals surface area (Å²) in [6.07, 6.45) is 52.5. The zero-order valence-electron chi connectivity index (χ0n) is 34.8. The molecular formula is C48H92ClN. The van der Waals surface area contributed by atoms with E-state index in [-0.39, 0.29) is 12.4 Å². The van der Waals surface area contributed by atoms with Crippen molar-refractivity contribution in [2.75, 3.05) is 20.1 Å². The maximum absolute atomic E-state index is 2.55. The molecule has 1 aromatic rings. The summed E-state index contributed by atoms with van der Waals surface area (Å²) in [5.74, 6) is 0. The predicted molar refractivity (Wildman–Crippen MR) is 224 cm³/mol. The summed E-state index contributed by atoms with van der Waals surface area (Å²) in [6, 6.07) is 11.3. The van der Waals surface area contributed by atoms with Gasteiger partial charge in [0.05, 0.1) is 20.1 Å². The van der Waals surface area contributed by atoms with E-state index in [1.54, 1.807) is 0 Å². The van der Waals surface area contributed by atoms with Crippen molar-refractivity contribution in [3.8, 4) is 0 Å². The standard InChI is InChI=1S/C48H92N.ClH/c1-4-6-8-10-12-14-16-18-20-22-24-26-28-30-32-34-36-41-45-49(3,47-48-43-39-38-40-44-48)46-42-37-35-33-31-29-27-25-23-21-19-17-15-13-11-9-7-5-2;/h38-40,43-44H,4-37,41-42,45-47H2,1-3H3;1H/q+1;/p-1. The molecule has 0 bridgehead atoms. The Kier molecular flexibility index (Phi) is 39.3. The molecule has 1 rings (SSSR count). The summed E-state index contributed by atoms with van der Waals surface area (Å²) in [5.41, 5.74) is 1.52. The molecule has 1 aromatic carbocycles. The van der Waals surface area contributed by atoms with Crippen LogP contribution in [0.15, 0.2) is 30.3 Å². The van der Waals surface area contributed by atoms with Gasteiger partial charge in [0.25, 0.3) is 0 Å². The second-order valence-corrected chi connectivity index (χ2v) is 16.7. The van der Waals surface area contributed by atoms with Crippen LogP contribution < -0.4 is 12.4 Å². The van der Waals surface area contributed by atoms with Gasteiger partial charge in [0.1, 0.15) is 6.54 Å². The van der Waals surface area contributed by atoms with Crippen molar-refractivity contribution in [3.63, 3.8) is 0 Å². The fraction of sp³-hybridized carbons (Fsp3) is 0.875. The van der Waals surface area contributed by atoms with Gasteiger partial charge in [-0.1, -0.05) is 250 Å². The van der Waals surface area contributed by atoms with E-state index in [2.05, 4.69) is 51.2 Å². The summed E-state index contributed by atoms with van der Waals surface area (Å²) in [6.45, 7) is 8.54. The Morgan fingerprint density at radius 3 is 0.780 bits per heavy atom. The lowest BCUT2D eigenvalue weighted by Gasteiger charge is -2.35. The third-order valence-corrected chi connectivity index (χ3v) is 11.5. The van der Waals surface area contributed by atoms with Crippen LogP contribution in [0, 0.1) is 0 Å². The Labute approximate surface area is 323 Å². The first kappa shape index (κ1) is 49.5. The van der Waals surface area contributed by atoms with E-state index < -0.39 is 0 Å². The molecule has 0 unspecified atom stereocenters. The summed E-state index contributed by atoms with van der Waals surface area (Å²) < 4.78 is 1.24. The fourth-order valence-corrected chi connectivity index (χ4v) is 8.08. The molecule has 296 valence electrons. The largest absolute Gasteiger partial charge is 1.00 e. The lowest BCUT2D eigenvalue weighted by molar-refractivity contribution is -0.923. The number of hydrogen-bond donors (Lipinski definition) is 0. The summed E-state index contributed by atoms with van der Waals surface area (Å²) >= 11 is 0. The van der Waals surface area contributed by atoms with E-state index in [1.807, 2.05) is 0 Å². The van der Waals surface area contributed by atoms with Crippen LogP contribution in [-0.4, -0.2) is 24.6 Å².